The van der Waals surface area contributed by atoms with Gasteiger partial charge in [-0.15, -0.1) is 16.4 Å². The Hall–Kier alpha value is -1.74. The predicted molar refractivity (Wildman–Crippen MR) is 81.4 cm³/mol. The van der Waals surface area contributed by atoms with E-state index in [1.165, 1.54) is 11.3 Å². The summed E-state index contributed by atoms with van der Waals surface area (Å²) in [5.41, 5.74) is 0. The maximum Gasteiger partial charge on any atom is 0.335 e. The molecular weight excluding hydrogens is 326 g/mol. The van der Waals surface area contributed by atoms with Crippen molar-refractivity contribution >= 4 is 27.1 Å². The third kappa shape index (κ3) is 4.14. The standard InChI is InChI=1S/C13H17N3O4S2/c1-8(2)7-9(14-11(17)10-5-4-6-21-10)12-15-16-13(20-12)22(3,18)19/h4-6,8-9H,7H2,1-3H3,(H,14,17)/t9-/m0/s1. The predicted octanol–water partition coefficient (Wildman–Crippen LogP) is 2.05. The van der Waals surface area contributed by atoms with Crippen LogP contribution in [0.25, 0.3) is 0 Å². The second kappa shape index (κ2) is 6.57. The van der Waals surface area contributed by atoms with Gasteiger partial charge in [-0.1, -0.05) is 25.0 Å². The molecule has 0 fully saturated rings. The first-order chi connectivity index (χ1) is 10.3. The number of hydrogen-bond acceptors (Lipinski definition) is 7. The normalized spacial score (nSPS) is 13.3. The summed E-state index contributed by atoms with van der Waals surface area (Å²) in [6, 6.07) is 2.96. The van der Waals surface area contributed by atoms with Crippen molar-refractivity contribution in [3.63, 3.8) is 0 Å². The zero-order valence-corrected chi connectivity index (χ0v) is 14.1. The van der Waals surface area contributed by atoms with Gasteiger partial charge in [0.1, 0.15) is 6.04 Å². The molecule has 0 unspecified atom stereocenters. The number of amides is 1. The summed E-state index contributed by atoms with van der Waals surface area (Å²) in [4.78, 5) is 12.7. The van der Waals surface area contributed by atoms with Crippen molar-refractivity contribution in [2.24, 2.45) is 5.92 Å². The van der Waals surface area contributed by atoms with Gasteiger partial charge in [0.15, 0.2) is 0 Å². The molecule has 0 aliphatic carbocycles. The molecule has 9 heteroatoms. The maximum atomic E-state index is 12.2. The van der Waals surface area contributed by atoms with Gasteiger partial charge in [-0.3, -0.25) is 4.79 Å². The molecule has 7 nitrogen and oxygen atoms in total. The number of aromatic nitrogens is 2. The smallest absolute Gasteiger partial charge is 0.335 e. The van der Waals surface area contributed by atoms with E-state index in [-0.39, 0.29) is 17.7 Å². The highest BCUT2D eigenvalue weighted by atomic mass is 32.2. The van der Waals surface area contributed by atoms with Crippen LogP contribution in [0.3, 0.4) is 0 Å². The molecular formula is C13H17N3O4S2. The van der Waals surface area contributed by atoms with E-state index in [4.69, 9.17) is 4.42 Å². The SMILES string of the molecule is CC(C)C[C@H](NC(=O)c1cccs1)c1nnc(S(C)(=O)=O)o1. The van der Waals surface area contributed by atoms with Crippen LogP contribution in [0.2, 0.25) is 0 Å². The molecule has 0 spiro atoms. The number of hydrogen-bond donors (Lipinski definition) is 1. The van der Waals surface area contributed by atoms with Crippen LogP contribution in [-0.2, 0) is 9.84 Å². The van der Waals surface area contributed by atoms with Gasteiger partial charge >= 0.3 is 5.22 Å². The molecule has 1 amide bonds. The molecule has 1 atom stereocenters. The van der Waals surface area contributed by atoms with E-state index in [1.807, 2.05) is 13.8 Å². The third-order valence-electron chi connectivity index (χ3n) is 2.79. The van der Waals surface area contributed by atoms with Gasteiger partial charge in [0.25, 0.3) is 5.91 Å². The van der Waals surface area contributed by atoms with Crippen LogP contribution in [0.5, 0.6) is 0 Å². The Balaban J connectivity index is 2.22. The maximum absolute atomic E-state index is 12.2. The zero-order valence-electron chi connectivity index (χ0n) is 12.4. The summed E-state index contributed by atoms with van der Waals surface area (Å²) in [6.07, 6.45) is 1.55. The van der Waals surface area contributed by atoms with Gasteiger partial charge in [0.2, 0.25) is 15.7 Å². The first-order valence-electron chi connectivity index (χ1n) is 6.65. The Kier molecular flexibility index (Phi) is 4.97. The number of carbonyl (C=O) groups excluding carboxylic acids is 1. The minimum Gasteiger partial charge on any atom is -0.410 e. The molecule has 2 heterocycles. The first-order valence-corrected chi connectivity index (χ1v) is 9.42. The Morgan fingerprint density at radius 3 is 2.64 bits per heavy atom. The number of nitrogens with zero attached hydrogens (tertiary/aromatic N) is 2. The number of thiophene rings is 1. The van der Waals surface area contributed by atoms with Gasteiger partial charge in [-0.2, -0.15) is 0 Å². The van der Waals surface area contributed by atoms with Crippen LogP contribution in [0, 0.1) is 5.92 Å². The number of nitrogens with one attached hydrogen (secondary N) is 1. The summed E-state index contributed by atoms with van der Waals surface area (Å²) in [5.74, 6) is 0.0982. The quantitative estimate of drug-likeness (QED) is 0.861. The van der Waals surface area contributed by atoms with Crippen molar-refractivity contribution < 1.29 is 17.6 Å². The summed E-state index contributed by atoms with van der Waals surface area (Å²) >= 11 is 1.32. The van der Waals surface area contributed by atoms with Crippen LogP contribution >= 0.6 is 11.3 Å². The van der Waals surface area contributed by atoms with Crippen LogP contribution in [-0.4, -0.2) is 30.8 Å². The molecule has 1 N–H and O–H groups in total. The highest BCUT2D eigenvalue weighted by molar-refractivity contribution is 7.90. The van der Waals surface area contributed by atoms with Gasteiger partial charge in [0, 0.05) is 6.26 Å². The lowest BCUT2D eigenvalue weighted by Gasteiger charge is -2.16. The van der Waals surface area contributed by atoms with Crippen molar-refractivity contribution in [2.75, 3.05) is 6.26 Å². The van der Waals surface area contributed by atoms with Crippen LogP contribution in [0.4, 0.5) is 0 Å². The second-order valence-corrected chi connectivity index (χ2v) is 8.15. The number of carbonyl (C=O) groups is 1. The van der Waals surface area contributed by atoms with E-state index in [1.54, 1.807) is 17.5 Å². The molecule has 2 rings (SSSR count). The minimum atomic E-state index is -3.57. The fourth-order valence-electron chi connectivity index (χ4n) is 1.84. The Bertz CT molecular complexity index is 735. The van der Waals surface area contributed by atoms with E-state index in [9.17, 15) is 13.2 Å². The van der Waals surface area contributed by atoms with E-state index in [0.717, 1.165) is 6.26 Å². The first kappa shape index (κ1) is 16.6. The lowest BCUT2D eigenvalue weighted by atomic mass is 10.0. The van der Waals surface area contributed by atoms with Crippen molar-refractivity contribution in [1.82, 2.24) is 15.5 Å². The lowest BCUT2D eigenvalue weighted by molar-refractivity contribution is 0.0927. The third-order valence-corrected chi connectivity index (χ3v) is 4.46. The summed E-state index contributed by atoms with van der Waals surface area (Å²) in [6.45, 7) is 3.97. The average molecular weight is 343 g/mol. The van der Waals surface area contributed by atoms with Crippen molar-refractivity contribution in [1.29, 1.82) is 0 Å². The van der Waals surface area contributed by atoms with Gasteiger partial charge in [-0.25, -0.2) is 8.42 Å². The van der Waals surface area contributed by atoms with Gasteiger partial charge in [0.05, 0.1) is 4.88 Å². The Morgan fingerprint density at radius 2 is 2.14 bits per heavy atom. The highest BCUT2D eigenvalue weighted by Gasteiger charge is 2.25. The van der Waals surface area contributed by atoms with Crippen LogP contribution < -0.4 is 5.32 Å². The molecule has 22 heavy (non-hydrogen) atoms. The summed E-state index contributed by atoms with van der Waals surface area (Å²) < 4.78 is 28.0. The fraction of sp³-hybridized carbons (Fsp3) is 0.462. The fourth-order valence-corrected chi connectivity index (χ4v) is 2.89. The van der Waals surface area contributed by atoms with E-state index in [2.05, 4.69) is 15.5 Å². The van der Waals surface area contributed by atoms with E-state index < -0.39 is 21.1 Å². The molecule has 2 aromatic rings. The molecule has 0 aliphatic heterocycles. The highest BCUT2D eigenvalue weighted by Crippen LogP contribution is 2.22. The molecule has 120 valence electrons. The van der Waals surface area contributed by atoms with E-state index >= 15 is 0 Å². The topological polar surface area (TPSA) is 102 Å². The molecule has 0 saturated heterocycles. The number of sulfone groups is 1. The molecule has 2 aromatic heterocycles. The number of rotatable bonds is 6. The van der Waals surface area contributed by atoms with E-state index in [0.29, 0.717) is 11.3 Å². The van der Waals surface area contributed by atoms with Crippen LogP contribution in [0.1, 0.15) is 41.9 Å². The largest absolute Gasteiger partial charge is 0.410 e. The second-order valence-electron chi connectivity index (χ2n) is 5.31. The zero-order chi connectivity index (χ0) is 16.3. The summed E-state index contributed by atoms with van der Waals surface area (Å²) in [5, 5.41) is 11.5. The molecule has 0 saturated carbocycles. The van der Waals surface area contributed by atoms with Crippen molar-refractivity contribution in [3.8, 4) is 0 Å². The van der Waals surface area contributed by atoms with Crippen molar-refractivity contribution in [3.05, 3.63) is 28.3 Å². The Morgan fingerprint density at radius 1 is 1.41 bits per heavy atom. The molecule has 0 bridgehead atoms. The average Bonchev–Trinajstić information content (AvgIpc) is 3.08. The summed E-state index contributed by atoms with van der Waals surface area (Å²) in [7, 11) is -3.57. The van der Waals surface area contributed by atoms with Crippen LogP contribution in [0.15, 0.2) is 27.2 Å². The van der Waals surface area contributed by atoms with Gasteiger partial charge in [-0.05, 0) is 23.8 Å². The monoisotopic (exact) mass is 343 g/mol. The molecule has 0 aromatic carbocycles. The van der Waals surface area contributed by atoms with Gasteiger partial charge < -0.3 is 9.73 Å². The minimum absolute atomic E-state index is 0.0963. The lowest BCUT2D eigenvalue weighted by Crippen LogP contribution is -2.29. The van der Waals surface area contributed by atoms with Crippen molar-refractivity contribution in [2.45, 2.75) is 31.5 Å². The molecule has 0 radical (unpaired) electrons. The Labute approximate surface area is 132 Å². The molecule has 0 aliphatic rings.